The SMILES string of the molecule is CCCCCCCCCCCCCCCCCC(=O)[O-].CCCCCCCCCCCCCCCCCC(=O)[O-].CCCCCCCCCCCCCCCCCC(=O)[O-].CCCCCCCCCCCCCCCCCC(=O)[O-].CCCCCCCCCCCCCCCCCC(=O)[O-].[Ca+2].[Cr+3]. The van der Waals surface area contributed by atoms with Crippen molar-refractivity contribution in [2.45, 2.75) is 548 Å². The van der Waals surface area contributed by atoms with Crippen LogP contribution in [0.2, 0.25) is 0 Å². The summed E-state index contributed by atoms with van der Waals surface area (Å²) in [4.78, 5) is 51.1. The van der Waals surface area contributed by atoms with Gasteiger partial charge in [0.1, 0.15) is 0 Å². The molecule has 0 spiro atoms. The number of unbranched alkanes of at least 4 members (excludes halogenated alkanes) is 70. The van der Waals surface area contributed by atoms with Crippen LogP contribution in [-0.4, -0.2) is 67.6 Å². The summed E-state index contributed by atoms with van der Waals surface area (Å²) in [5, 5.41) is 51.1. The Balaban J connectivity index is -0.000000220. The molecule has 1 radical (unpaired) electrons. The van der Waals surface area contributed by atoms with E-state index in [1.54, 1.807) is 0 Å². The van der Waals surface area contributed by atoms with Crippen molar-refractivity contribution in [1.29, 1.82) is 0 Å². The molecule has 0 bridgehead atoms. The van der Waals surface area contributed by atoms with Crippen LogP contribution in [0.1, 0.15) is 548 Å². The molecule has 10 nitrogen and oxygen atoms in total. The van der Waals surface area contributed by atoms with Gasteiger partial charge in [0, 0.05) is 29.8 Å². The van der Waals surface area contributed by atoms with Crippen molar-refractivity contribution in [2.24, 2.45) is 0 Å². The summed E-state index contributed by atoms with van der Waals surface area (Å²) >= 11 is 0. The first-order valence-electron chi connectivity index (χ1n) is 44.8. The molecule has 0 saturated carbocycles. The largest absolute Gasteiger partial charge is 3.00 e. The minimum Gasteiger partial charge on any atom is -0.550 e. The van der Waals surface area contributed by atoms with Gasteiger partial charge in [0.05, 0.1) is 0 Å². The van der Waals surface area contributed by atoms with Crippen LogP contribution >= 0.6 is 0 Å². The number of carbonyl (C=O) groups is 5. The monoisotopic (exact) mass is 1510 g/mol. The van der Waals surface area contributed by atoms with Gasteiger partial charge in [-0.15, -0.1) is 0 Å². The van der Waals surface area contributed by atoms with Crippen LogP contribution in [0.4, 0.5) is 0 Å². The number of aliphatic carboxylic acids is 5. The summed E-state index contributed by atoms with van der Waals surface area (Å²) in [6, 6.07) is 0. The van der Waals surface area contributed by atoms with E-state index in [2.05, 4.69) is 34.6 Å². The van der Waals surface area contributed by atoms with Gasteiger partial charge in [-0.05, 0) is 64.2 Å². The van der Waals surface area contributed by atoms with Gasteiger partial charge in [-0.3, -0.25) is 0 Å². The van der Waals surface area contributed by atoms with Crippen LogP contribution in [0.3, 0.4) is 0 Å². The molecule has 102 heavy (non-hydrogen) atoms. The topological polar surface area (TPSA) is 201 Å². The van der Waals surface area contributed by atoms with E-state index in [0.29, 0.717) is 0 Å². The van der Waals surface area contributed by atoms with Crippen LogP contribution in [0, 0.1) is 0 Å². The van der Waals surface area contributed by atoms with E-state index in [4.69, 9.17) is 0 Å². The summed E-state index contributed by atoms with van der Waals surface area (Å²) in [6.45, 7) is 11.3. The molecule has 0 aromatic carbocycles. The summed E-state index contributed by atoms with van der Waals surface area (Å²) in [7, 11) is 0. The van der Waals surface area contributed by atoms with Crippen molar-refractivity contribution < 1.29 is 66.9 Å². The second-order valence-corrected chi connectivity index (χ2v) is 30.4. The molecule has 0 aromatic heterocycles. The smallest absolute Gasteiger partial charge is 0.550 e. The number of carbonyl (C=O) groups excluding carboxylic acids is 5. The molecule has 0 aliphatic rings. The van der Waals surface area contributed by atoms with Crippen molar-refractivity contribution in [2.75, 3.05) is 0 Å². The van der Waals surface area contributed by atoms with Crippen LogP contribution in [-0.2, 0) is 41.3 Å². The van der Waals surface area contributed by atoms with Crippen molar-refractivity contribution in [3.05, 3.63) is 0 Å². The van der Waals surface area contributed by atoms with Gasteiger partial charge in [-0.1, -0.05) is 484 Å². The van der Waals surface area contributed by atoms with Gasteiger partial charge in [-0.2, -0.15) is 0 Å². The first-order valence-corrected chi connectivity index (χ1v) is 44.8. The van der Waals surface area contributed by atoms with Crippen molar-refractivity contribution in [3.63, 3.8) is 0 Å². The standard InChI is InChI=1S/5C18H36O2.Ca.Cr/c5*1-2-3-4-5-6-7-8-9-10-11-12-13-14-15-16-17-18(19)20;;/h5*2-17H2,1H3,(H,19,20);;/q;;;;;+2;+3/p-5. The number of hydrogen-bond acceptors (Lipinski definition) is 10. The first-order chi connectivity index (χ1) is 48.9. The van der Waals surface area contributed by atoms with Crippen LogP contribution < -0.4 is 25.5 Å². The number of rotatable bonds is 80. The predicted octanol–water partition coefficient (Wildman–Crippen LogP) is 24.6. The second kappa shape index (κ2) is 111. The minimum absolute atomic E-state index is 0. The molecule has 0 atom stereocenters. The molecule has 0 heterocycles. The average Bonchev–Trinajstić information content (AvgIpc) is 3.77. The van der Waals surface area contributed by atoms with Gasteiger partial charge in [0.15, 0.2) is 0 Å². The van der Waals surface area contributed by atoms with Crippen molar-refractivity contribution >= 4 is 67.6 Å². The third-order valence-electron chi connectivity index (χ3n) is 19.9. The fraction of sp³-hybridized carbons (Fsp3) is 0.944. The Bertz CT molecular complexity index is 1280. The Labute approximate surface area is 677 Å². The van der Waals surface area contributed by atoms with Gasteiger partial charge in [0.25, 0.3) is 0 Å². The average molecular weight is 1510 g/mol. The Morgan fingerprint density at radius 3 is 0.255 bits per heavy atom. The Morgan fingerprint density at radius 2 is 0.196 bits per heavy atom. The predicted molar refractivity (Wildman–Crippen MR) is 429 cm³/mol. The first kappa shape index (κ1) is 114. The molecule has 12 heteroatoms. The summed E-state index contributed by atoms with van der Waals surface area (Å²) in [6.07, 6.45) is 99.3. The van der Waals surface area contributed by atoms with Crippen molar-refractivity contribution in [3.8, 4) is 0 Å². The second-order valence-electron chi connectivity index (χ2n) is 30.4. The van der Waals surface area contributed by atoms with E-state index in [1.165, 1.54) is 417 Å². The maximum absolute atomic E-state index is 10.2. The number of carboxylic acid groups (broad SMARTS) is 5. The molecule has 0 aliphatic carbocycles. The molecule has 0 fully saturated rings. The van der Waals surface area contributed by atoms with E-state index in [9.17, 15) is 49.5 Å². The van der Waals surface area contributed by atoms with Crippen LogP contribution in [0.25, 0.3) is 0 Å². The molecule has 0 rings (SSSR count). The molecule has 603 valence electrons. The fourth-order valence-electron chi connectivity index (χ4n) is 13.2. The van der Waals surface area contributed by atoms with Gasteiger partial charge < -0.3 is 49.5 Å². The summed E-state index contributed by atoms with van der Waals surface area (Å²) in [5.74, 6) is -4.52. The van der Waals surface area contributed by atoms with Crippen LogP contribution in [0.5, 0.6) is 0 Å². The molecule has 0 saturated heterocycles. The quantitative estimate of drug-likeness (QED) is 0.0417. The molecular weight excluding hydrogens is 1330 g/mol. The van der Waals surface area contributed by atoms with E-state index < -0.39 is 29.8 Å². The molecule has 0 N–H and O–H groups in total. The van der Waals surface area contributed by atoms with E-state index in [0.717, 1.165) is 64.2 Å². The van der Waals surface area contributed by atoms with Crippen molar-refractivity contribution in [1.82, 2.24) is 0 Å². The van der Waals surface area contributed by atoms with Gasteiger partial charge in [0.2, 0.25) is 0 Å². The zero-order valence-electron chi connectivity index (χ0n) is 69.3. The van der Waals surface area contributed by atoms with Gasteiger partial charge >= 0.3 is 55.1 Å². The third-order valence-corrected chi connectivity index (χ3v) is 19.9. The normalized spacial score (nSPS) is 10.6. The Kier molecular flexibility index (Phi) is 125. The number of carboxylic acids is 5. The third kappa shape index (κ3) is 135. The Morgan fingerprint density at radius 1 is 0.137 bits per heavy atom. The zero-order chi connectivity index (χ0) is 74.5. The zero-order valence-corrected chi connectivity index (χ0v) is 72.7. The fourth-order valence-corrected chi connectivity index (χ4v) is 13.2. The number of hydrogen-bond donors (Lipinski definition) is 0. The minimum atomic E-state index is -0.903. The van der Waals surface area contributed by atoms with E-state index in [1.807, 2.05) is 0 Å². The maximum Gasteiger partial charge on any atom is 3.00 e. The van der Waals surface area contributed by atoms with Gasteiger partial charge in [-0.25, -0.2) is 0 Å². The molecule has 0 aliphatic heterocycles. The van der Waals surface area contributed by atoms with E-state index >= 15 is 0 Å². The molecule has 0 aromatic rings. The molecular formula is C90H175CaCrO10. The molecule has 0 unspecified atom stereocenters. The molecule has 0 amide bonds. The van der Waals surface area contributed by atoms with E-state index in [-0.39, 0.29) is 87.2 Å². The Hall–Kier alpha value is -0.858. The van der Waals surface area contributed by atoms with Crippen LogP contribution in [0.15, 0.2) is 0 Å². The summed E-state index contributed by atoms with van der Waals surface area (Å²) in [5.41, 5.74) is 0. The summed E-state index contributed by atoms with van der Waals surface area (Å²) < 4.78 is 0. The maximum atomic E-state index is 10.2.